The Labute approximate surface area is 103 Å². The highest BCUT2D eigenvalue weighted by atomic mass is 19.4. The van der Waals surface area contributed by atoms with Gasteiger partial charge < -0.3 is 9.47 Å². The minimum absolute atomic E-state index is 0.614. The van der Waals surface area contributed by atoms with Gasteiger partial charge in [-0.1, -0.05) is 30.3 Å². The summed E-state index contributed by atoms with van der Waals surface area (Å²) in [5.74, 6) is -1.44. The Balaban J connectivity index is 2.70. The minimum atomic E-state index is -4.78. The van der Waals surface area contributed by atoms with Crippen molar-refractivity contribution in [1.29, 1.82) is 0 Å². The zero-order valence-corrected chi connectivity index (χ0v) is 9.90. The zero-order valence-electron chi connectivity index (χ0n) is 9.90. The van der Waals surface area contributed by atoms with E-state index in [9.17, 15) is 18.0 Å². The number of ether oxygens (including phenoxy) is 2. The van der Waals surface area contributed by atoms with Crippen LogP contribution in [-0.4, -0.2) is 25.4 Å². The second-order valence-electron chi connectivity index (χ2n) is 3.65. The summed E-state index contributed by atoms with van der Waals surface area (Å²) in [6.07, 6.45) is -8.09. The van der Waals surface area contributed by atoms with Crippen molar-refractivity contribution >= 4 is 5.97 Å². The first kappa shape index (κ1) is 14.5. The number of alkyl halides is 3. The minimum Gasteiger partial charge on any atom is -0.456 e. The monoisotopic (exact) mass is 262 g/mol. The molecule has 1 aromatic rings. The van der Waals surface area contributed by atoms with Crippen LogP contribution < -0.4 is 0 Å². The molecule has 0 saturated carbocycles. The van der Waals surface area contributed by atoms with Gasteiger partial charge in [-0.2, -0.15) is 13.2 Å². The summed E-state index contributed by atoms with van der Waals surface area (Å²) < 4.78 is 46.0. The van der Waals surface area contributed by atoms with Gasteiger partial charge in [-0.05, 0) is 12.5 Å². The van der Waals surface area contributed by atoms with E-state index in [1.807, 2.05) is 0 Å². The standard InChI is InChI=1S/C12H13F3O3/c1-8(9-6-4-3-5-7-9)18-11(16)10(17-2)12(13,14)15/h3-8,10H,1-2H3. The van der Waals surface area contributed by atoms with Gasteiger partial charge in [-0.15, -0.1) is 0 Å². The van der Waals surface area contributed by atoms with E-state index >= 15 is 0 Å². The molecule has 0 fully saturated rings. The SMILES string of the molecule is COC(C(=O)OC(C)c1ccccc1)C(F)(F)F. The molecule has 2 atom stereocenters. The topological polar surface area (TPSA) is 35.5 Å². The third kappa shape index (κ3) is 3.73. The summed E-state index contributed by atoms with van der Waals surface area (Å²) in [7, 11) is 0.812. The molecule has 1 aromatic carbocycles. The van der Waals surface area contributed by atoms with Crippen LogP contribution in [0.15, 0.2) is 30.3 Å². The molecular formula is C12H13F3O3. The fraction of sp³-hybridized carbons (Fsp3) is 0.417. The van der Waals surface area contributed by atoms with Crippen LogP contribution >= 0.6 is 0 Å². The maximum absolute atomic E-state index is 12.4. The van der Waals surface area contributed by atoms with Crippen molar-refractivity contribution in [3.63, 3.8) is 0 Å². The van der Waals surface area contributed by atoms with Crippen LogP contribution in [0, 0.1) is 0 Å². The Morgan fingerprint density at radius 2 is 1.78 bits per heavy atom. The van der Waals surface area contributed by atoms with E-state index in [0.717, 1.165) is 7.11 Å². The molecule has 0 amide bonds. The quantitative estimate of drug-likeness (QED) is 0.783. The number of benzene rings is 1. The molecule has 0 aromatic heterocycles. The van der Waals surface area contributed by atoms with Crippen LogP contribution in [0.2, 0.25) is 0 Å². The van der Waals surface area contributed by atoms with Crippen molar-refractivity contribution in [2.75, 3.05) is 7.11 Å². The molecule has 100 valence electrons. The summed E-state index contributed by atoms with van der Waals surface area (Å²) in [5.41, 5.74) is 0.614. The number of carbonyl (C=O) groups excluding carboxylic acids is 1. The Bertz CT molecular complexity index is 389. The number of hydrogen-bond acceptors (Lipinski definition) is 3. The number of methoxy groups -OCH3 is 1. The molecule has 0 aliphatic carbocycles. The summed E-state index contributed by atoms with van der Waals surface area (Å²) in [4.78, 5) is 11.3. The van der Waals surface area contributed by atoms with Gasteiger partial charge in [-0.25, -0.2) is 4.79 Å². The van der Waals surface area contributed by atoms with Gasteiger partial charge in [0.15, 0.2) is 0 Å². The number of esters is 1. The maximum Gasteiger partial charge on any atom is 0.425 e. The Morgan fingerprint density at radius 3 is 2.22 bits per heavy atom. The van der Waals surface area contributed by atoms with Crippen molar-refractivity contribution in [1.82, 2.24) is 0 Å². The average molecular weight is 262 g/mol. The predicted molar refractivity (Wildman–Crippen MR) is 57.8 cm³/mol. The maximum atomic E-state index is 12.4. The fourth-order valence-electron chi connectivity index (χ4n) is 1.39. The fourth-order valence-corrected chi connectivity index (χ4v) is 1.39. The van der Waals surface area contributed by atoms with E-state index in [0.29, 0.717) is 5.56 Å². The third-order valence-corrected chi connectivity index (χ3v) is 2.31. The van der Waals surface area contributed by atoms with Crippen molar-refractivity contribution < 1.29 is 27.4 Å². The molecule has 0 radical (unpaired) electrons. The van der Waals surface area contributed by atoms with Gasteiger partial charge in [0.05, 0.1) is 0 Å². The lowest BCUT2D eigenvalue weighted by Crippen LogP contribution is -2.39. The molecule has 0 heterocycles. The smallest absolute Gasteiger partial charge is 0.425 e. The first-order chi connectivity index (χ1) is 8.36. The molecule has 0 aliphatic rings. The van der Waals surface area contributed by atoms with E-state index in [1.165, 1.54) is 6.92 Å². The number of carbonyl (C=O) groups is 1. The molecule has 0 spiro atoms. The summed E-state index contributed by atoms with van der Waals surface area (Å²) >= 11 is 0. The van der Waals surface area contributed by atoms with Crippen LogP contribution in [0.4, 0.5) is 13.2 Å². The van der Waals surface area contributed by atoms with Gasteiger partial charge >= 0.3 is 12.1 Å². The third-order valence-electron chi connectivity index (χ3n) is 2.31. The molecule has 18 heavy (non-hydrogen) atoms. The molecule has 6 heteroatoms. The summed E-state index contributed by atoms with van der Waals surface area (Å²) in [6, 6.07) is 8.49. The summed E-state index contributed by atoms with van der Waals surface area (Å²) in [5, 5.41) is 0. The number of rotatable bonds is 4. The first-order valence-corrected chi connectivity index (χ1v) is 5.21. The van der Waals surface area contributed by atoms with Gasteiger partial charge in [0.1, 0.15) is 6.10 Å². The normalized spacial score (nSPS) is 14.9. The molecular weight excluding hydrogens is 249 g/mol. The second-order valence-corrected chi connectivity index (χ2v) is 3.65. The lowest BCUT2D eigenvalue weighted by Gasteiger charge is -2.20. The largest absolute Gasteiger partial charge is 0.456 e. The van der Waals surface area contributed by atoms with E-state index in [1.54, 1.807) is 30.3 Å². The van der Waals surface area contributed by atoms with Crippen LogP contribution in [0.3, 0.4) is 0 Å². The van der Waals surface area contributed by atoms with Crippen LogP contribution in [0.25, 0.3) is 0 Å². The van der Waals surface area contributed by atoms with E-state index < -0.39 is 24.4 Å². The molecule has 1 rings (SSSR count). The van der Waals surface area contributed by atoms with Gasteiger partial charge in [0, 0.05) is 7.11 Å². The van der Waals surface area contributed by atoms with Crippen molar-refractivity contribution in [2.45, 2.75) is 25.3 Å². The highest BCUT2D eigenvalue weighted by Gasteiger charge is 2.47. The van der Waals surface area contributed by atoms with Crippen molar-refractivity contribution in [3.8, 4) is 0 Å². The van der Waals surface area contributed by atoms with Gasteiger partial charge in [0.25, 0.3) is 6.10 Å². The average Bonchev–Trinajstić information content (AvgIpc) is 2.29. The van der Waals surface area contributed by atoms with Crippen LogP contribution in [0.5, 0.6) is 0 Å². The highest BCUT2D eigenvalue weighted by molar-refractivity contribution is 5.76. The Kier molecular flexibility index (Phi) is 4.72. The van der Waals surface area contributed by atoms with Gasteiger partial charge in [-0.3, -0.25) is 0 Å². The molecule has 0 N–H and O–H groups in total. The number of hydrogen-bond donors (Lipinski definition) is 0. The van der Waals surface area contributed by atoms with Gasteiger partial charge in [0.2, 0.25) is 0 Å². The lowest BCUT2D eigenvalue weighted by molar-refractivity contribution is -0.226. The van der Waals surface area contributed by atoms with E-state index in [2.05, 4.69) is 4.74 Å². The molecule has 0 bridgehead atoms. The predicted octanol–water partition coefficient (Wildman–Crippen LogP) is 2.87. The second kappa shape index (κ2) is 5.86. The lowest BCUT2D eigenvalue weighted by atomic mass is 10.1. The van der Waals surface area contributed by atoms with E-state index in [-0.39, 0.29) is 0 Å². The van der Waals surface area contributed by atoms with Crippen molar-refractivity contribution in [3.05, 3.63) is 35.9 Å². The molecule has 0 saturated heterocycles. The number of halogens is 3. The Hall–Kier alpha value is -1.56. The van der Waals surface area contributed by atoms with Crippen molar-refractivity contribution in [2.24, 2.45) is 0 Å². The first-order valence-electron chi connectivity index (χ1n) is 5.21. The molecule has 3 nitrogen and oxygen atoms in total. The van der Waals surface area contributed by atoms with E-state index in [4.69, 9.17) is 4.74 Å². The molecule has 2 unspecified atom stereocenters. The highest BCUT2D eigenvalue weighted by Crippen LogP contribution is 2.26. The molecule has 0 aliphatic heterocycles. The summed E-state index contributed by atoms with van der Waals surface area (Å²) in [6.45, 7) is 1.50. The Morgan fingerprint density at radius 1 is 1.22 bits per heavy atom. The zero-order chi connectivity index (χ0) is 13.8. The van der Waals surface area contributed by atoms with Crippen LogP contribution in [-0.2, 0) is 14.3 Å². The van der Waals surface area contributed by atoms with Crippen LogP contribution in [0.1, 0.15) is 18.6 Å².